The summed E-state index contributed by atoms with van der Waals surface area (Å²) in [6, 6.07) is 12.8. The molecular weight excluding hydrogens is 442 g/mol. The summed E-state index contributed by atoms with van der Waals surface area (Å²) in [7, 11) is 3.18. The zero-order valence-corrected chi connectivity index (χ0v) is 18.9. The Labute approximate surface area is 186 Å². The molecular formula is C21H18ClN3O3S2. The van der Waals surface area contributed by atoms with Gasteiger partial charge in [-0.25, -0.2) is 9.97 Å². The van der Waals surface area contributed by atoms with Crippen LogP contribution in [-0.2, 0) is 6.54 Å². The molecule has 0 spiro atoms. The van der Waals surface area contributed by atoms with Crippen molar-refractivity contribution in [3.8, 4) is 22.9 Å². The van der Waals surface area contributed by atoms with Crippen molar-refractivity contribution in [2.24, 2.45) is 0 Å². The zero-order chi connectivity index (χ0) is 21.3. The highest BCUT2D eigenvalue weighted by Crippen LogP contribution is 2.32. The smallest absolute Gasteiger partial charge is 0.281 e. The maximum Gasteiger partial charge on any atom is 0.281 e. The van der Waals surface area contributed by atoms with Gasteiger partial charge >= 0.3 is 0 Å². The molecule has 0 radical (unpaired) electrons. The van der Waals surface area contributed by atoms with E-state index >= 15 is 0 Å². The Morgan fingerprint density at radius 1 is 1.13 bits per heavy atom. The van der Waals surface area contributed by atoms with Gasteiger partial charge in [-0.3, -0.25) is 9.36 Å². The van der Waals surface area contributed by atoms with Gasteiger partial charge in [-0.15, -0.1) is 0 Å². The summed E-state index contributed by atoms with van der Waals surface area (Å²) in [4.78, 5) is 23.3. The molecule has 4 rings (SSSR count). The molecule has 2 aromatic heterocycles. The van der Waals surface area contributed by atoms with Crippen LogP contribution in [0, 0.1) is 0 Å². The molecule has 0 aliphatic carbocycles. The first-order valence-electron chi connectivity index (χ1n) is 8.97. The first-order chi connectivity index (χ1) is 14.5. The summed E-state index contributed by atoms with van der Waals surface area (Å²) in [6.07, 6.45) is 1.92. The Hall–Kier alpha value is -2.55. The van der Waals surface area contributed by atoms with Crippen LogP contribution in [0.15, 0.2) is 51.6 Å². The lowest BCUT2D eigenvalue weighted by molar-refractivity contribution is 0.390. The third-order valence-corrected chi connectivity index (χ3v) is 6.88. The van der Waals surface area contributed by atoms with Gasteiger partial charge in [0.1, 0.15) is 17.3 Å². The molecule has 0 N–H and O–H groups in total. The average molecular weight is 460 g/mol. The number of aromatic nitrogens is 3. The Morgan fingerprint density at radius 3 is 2.63 bits per heavy atom. The van der Waals surface area contributed by atoms with E-state index in [1.165, 1.54) is 23.1 Å². The quantitative estimate of drug-likeness (QED) is 0.379. The van der Waals surface area contributed by atoms with Crippen LogP contribution in [0.25, 0.3) is 21.7 Å². The number of thiazole rings is 1. The molecule has 0 aliphatic heterocycles. The molecule has 0 saturated heterocycles. The van der Waals surface area contributed by atoms with Crippen molar-refractivity contribution < 1.29 is 9.47 Å². The Bertz CT molecular complexity index is 1290. The highest BCUT2D eigenvalue weighted by Gasteiger charge is 2.19. The predicted octanol–water partition coefficient (Wildman–Crippen LogP) is 4.96. The lowest BCUT2D eigenvalue weighted by atomic mass is 10.1. The molecule has 0 aliphatic rings. The molecule has 2 aromatic carbocycles. The minimum Gasteiger partial charge on any atom is -0.497 e. The number of fused-ring (bicyclic) bond motifs is 1. The normalized spacial score (nSPS) is 11.1. The van der Waals surface area contributed by atoms with Crippen LogP contribution in [0.4, 0.5) is 0 Å². The van der Waals surface area contributed by atoms with Crippen molar-refractivity contribution in [2.45, 2.75) is 10.9 Å². The van der Waals surface area contributed by atoms with Gasteiger partial charge in [0.25, 0.3) is 5.56 Å². The van der Waals surface area contributed by atoms with Crippen LogP contribution in [-0.4, -0.2) is 35.0 Å². The van der Waals surface area contributed by atoms with Crippen molar-refractivity contribution in [1.29, 1.82) is 0 Å². The van der Waals surface area contributed by atoms with Gasteiger partial charge in [0, 0.05) is 17.2 Å². The zero-order valence-electron chi connectivity index (χ0n) is 16.5. The average Bonchev–Trinajstić information content (AvgIpc) is 3.20. The minimum atomic E-state index is -0.218. The molecule has 6 nitrogen and oxygen atoms in total. The second kappa shape index (κ2) is 8.67. The van der Waals surface area contributed by atoms with Crippen LogP contribution in [0.2, 0.25) is 5.02 Å². The van der Waals surface area contributed by atoms with Crippen molar-refractivity contribution in [3.05, 3.63) is 63.4 Å². The van der Waals surface area contributed by atoms with Crippen molar-refractivity contribution in [2.75, 3.05) is 20.5 Å². The van der Waals surface area contributed by atoms with Gasteiger partial charge in [-0.1, -0.05) is 46.8 Å². The van der Waals surface area contributed by atoms with Crippen LogP contribution < -0.4 is 15.0 Å². The first kappa shape index (κ1) is 20.7. The number of hydrogen-bond donors (Lipinski definition) is 0. The van der Waals surface area contributed by atoms with E-state index in [0.717, 1.165) is 9.90 Å². The van der Waals surface area contributed by atoms with Gasteiger partial charge in [0.15, 0.2) is 14.7 Å². The minimum absolute atomic E-state index is 0.218. The van der Waals surface area contributed by atoms with E-state index in [1.807, 2.05) is 36.6 Å². The van der Waals surface area contributed by atoms with E-state index in [2.05, 4.69) is 4.98 Å². The fourth-order valence-electron chi connectivity index (χ4n) is 3.12. The number of benzene rings is 2. The standard InChI is InChI=1S/C21H18ClN3O3S2/c1-27-13-9-8-12(16(10-13)28-2)11-25-18(14-6-4-5-7-15(14)22)24-19-17(20(25)26)23-21(29-3)30-19/h4-10H,11H2,1-3H3. The molecule has 0 saturated carbocycles. The van der Waals surface area contributed by atoms with Gasteiger partial charge < -0.3 is 9.47 Å². The molecule has 0 fully saturated rings. The highest BCUT2D eigenvalue weighted by atomic mass is 35.5. The van der Waals surface area contributed by atoms with Gasteiger partial charge in [-0.2, -0.15) is 0 Å². The van der Waals surface area contributed by atoms with E-state index in [1.54, 1.807) is 30.9 Å². The van der Waals surface area contributed by atoms with E-state index in [4.69, 9.17) is 26.1 Å². The number of rotatable bonds is 6. The molecule has 2 heterocycles. The fraction of sp³-hybridized carbons (Fsp3) is 0.190. The molecule has 0 bridgehead atoms. The molecule has 9 heteroatoms. The third kappa shape index (κ3) is 3.78. The summed E-state index contributed by atoms with van der Waals surface area (Å²) in [5.74, 6) is 1.79. The van der Waals surface area contributed by atoms with E-state index < -0.39 is 0 Å². The van der Waals surface area contributed by atoms with Crippen LogP contribution in [0.3, 0.4) is 0 Å². The highest BCUT2D eigenvalue weighted by molar-refractivity contribution is 8.00. The van der Waals surface area contributed by atoms with Gasteiger partial charge in [0.2, 0.25) is 0 Å². The number of halogens is 1. The van der Waals surface area contributed by atoms with Crippen molar-refractivity contribution >= 4 is 45.0 Å². The van der Waals surface area contributed by atoms with Crippen molar-refractivity contribution in [3.63, 3.8) is 0 Å². The summed E-state index contributed by atoms with van der Waals surface area (Å²) < 4.78 is 13.2. The summed E-state index contributed by atoms with van der Waals surface area (Å²) in [6.45, 7) is 0.252. The first-order valence-corrected chi connectivity index (χ1v) is 11.4. The van der Waals surface area contributed by atoms with Crippen LogP contribution >= 0.6 is 34.7 Å². The Morgan fingerprint density at radius 2 is 1.93 bits per heavy atom. The summed E-state index contributed by atoms with van der Waals surface area (Å²) >= 11 is 9.34. The number of thioether (sulfide) groups is 1. The molecule has 0 amide bonds. The van der Waals surface area contributed by atoms with Crippen LogP contribution in [0.1, 0.15) is 5.56 Å². The van der Waals surface area contributed by atoms with E-state index in [9.17, 15) is 4.79 Å². The topological polar surface area (TPSA) is 66.2 Å². The van der Waals surface area contributed by atoms with E-state index in [0.29, 0.717) is 38.3 Å². The van der Waals surface area contributed by atoms with Gasteiger partial charge in [-0.05, 0) is 30.5 Å². The van der Waals surface area contributed by atoms with Crippen LogP contribution in [0.5, 0.6) is 11.5 Å². The SMILES string of the molecule is COc1ccc(Cn2c(-c3ccccc3Cl)nc3sc(SC)nc3c2=O)c(OC)c1. The Kier molecular flexibility index (Phi) is 5.99. The number of methoxy groups -OCH3 is 2. The maximum atomic E-state index is 13.4. The molecule has 4 aromatic rings. The lowest BCUT2D eigenvalue weighted by Crippen LogP contribution is -2.24. The summed E-state index contributed by atoms with van der Waals surface area (Å²) in [5, 5.41) is 0.522. The lowest BCUT2D eigenvalue weighted by Gasteiger charge is -2.15. The van der Waals surface area contributed by atoms with Crippen molar-refractivity contribution in [1.82, 2.24) is 14.5 Å². The fourth-order valence-corrected chi connectivity index (χ4v) is 4.76. The molecule has 154 valence electrons. The second-order valence-corrected chi connectivity index (χ2v) is 8.76. The Balaban J connectivity index is 1.96. The third-order valence-electron chi connectivity index (χ3n) is 4.61. The van der Waals surface area contributed by atoms with E-state index in [-0.39, 0.29) is 12.1 Å². The molecule has 0 atom stereocenters. The number of ether oxygens (including phenoxy) is 2. The molecule has 0 unspecified atom stereocenters. The predicted molar refractivity (Wildman–Crippen MR) is 123 cm³/mol. The number of hydrogen-bond acceptors (Lipinski definition) is 7. The molecule has 30 heavy (non-hydrogen) atoms. The maximum absolute atomic E-state index is 13.4. The largest absolute Gasteiger partial charge is 0.497 e. The summed E-state index contributed by atoms with van der Waals surface area (Å²) in [5.41, 5.74) is 1.64. The van der Waals surface area contributed by atoms with Gasteiger partial charge in [0.05, 0.1) is 25.8 Å². The second-order valence-electron chi connectivity index (χ2n) is 6.32. The monoisotopic (exact) mass is 459 g/mol. The number of nitrogens with zero attached hydrogens (tertiary/aromatic N) is 3.